The van der Waals surface area contributed by atoms with E-state index in [2.05, 4.69) is 26.3 Å². The third-order valence-electron chi connectivity index (χ3n) is 5.56. The molecule has 7 heteroatoms. The third-order valence-corrected chi connectivity index (χ3v) is 5.56. The van der Waals surface area contributed by atoms with Crippen LogP contribution in [0, 0.1) is 5.92 Å². The molecule has 2 saturated heterocycles. The predicted molar refractivity (Wildman–Crippen MR) is 100 cm³/mol. The highest BCUT2D eigenvalue weighted by Gasteiger charge is 2.25. The van der Waals surface area contributed by atoms with Crippen LogP contribution in [0.3, 0.4) is 0 Å². The lowest BCUT2D eigenvalue weighted by Crippen LogP contribution is -2.41. The van der Waals surface area contributed by atoms with Crippen molar-refractivity contribution < 1.29 is 9.53 Å². The highest BCUT2D eigenvalue weighted by atomic mass is 16.5. The van der Waals surface area contributed by atoms with Crippen LogP contribution >= 0.6 is 0 Å². The van der Waals surface area contributed by atoms with Crippen molar-refractivity contribution in [1.82, 2.24) is 14.9 Å². The lowest BCUT2D eigenvalue weighted by molar-refractivity contribution is -0.135. The van der Waals surface area contributed by atoms with Crippen molar-refractivity contribution in [2.45, 2.75) is 44.6 Å². The number of rotatable bonds is 6. The van der Waals surface area contributed by atoms with Gasteiger partial charge in [0.2, 0.25) is 5.91 Å². The second-order valence-electron chi connectivity index (χ2n) is 7.67. The van der Waals surface area contributed by atoms with Gasteiger partial charge >= 0.3 is 0 Å². The number of piperidine rings is 1. The average Bonchev–Trinajstić information content (AvgIpc) is 3.51. The van der Waals surface area contributed by atoms with Gasteiger partial charge in [0, 0.05) is 44.7 Å². The number of nitrogens with zero attached hydrogens (tertiary/aromatic N) is 4. The third kappa shape index (κ3) is 4.63. The number of amides is 1. The summed E-state index contributed by atoms with van der Waals surface area (Å²) in [6, 6.07) is 2.66. The van der Waals surface area contributed by atoms with Crippen LogP contribution in [0.5, 0.6) is 0 Å². The van der Waals surface area contributed by atoms with Gasteiger partial charge in [-0.15, -0.1) is 0 Å². The van der Waals surface area contributed by atoms with E-state index in [1.165, 1.54) is 19.3 Å². The normalized spacial score (nSPS) is 23.8. The fourth-order valence-corrected chi connectivity index (χ4v) is 3.84. The molecule has 2 aliphatic heterocycles. The summed E-state index contributed by atoms with van der Waals surface area (Å²) in [5.74, 6) is 2.78. The van der Waals surface area contributed by atoms with Gasteiger partial charge in [-0.3, -0.25) is 4.79 Å². The number of hydrogen-bond donors (Lipinski definition) is 1. The summed E-state index contributed by atoms with van der Waals surface area (Å²) in [4.78, 5) is 25.5. The largest absolute Gasteiger partial charge is 0.378 e. The first kappa shape index (κ1) is 17.5. The number of aromatic nitrogens is 2. The van der Waals surface area contributed by atoms with E-state index in [1.54, 1.807) is 6.33 Å². The molecule has 1 aromatic heterocycles. The molecular weight excluding hydrogens is 330 g/mol. The summed E-state index contributed by atoms with van der Waals surface area (Å²) < 4.78 is 5.33. The molecule has 1 aliphatic carbocycles. The maximum Gasteiger partial charge on any atom is 0.222 e. The fraction of sp³-hybridized carbons (Fsp3) is 0.737. The molecule has 0 radical (unpaired) electrons. The van der Waals surface area contributed by atoms with Crippen LogP contribution in [0.25, 0.3) is 0 Å². The monoisotopic (exact) mass is 359 g/mol. The molecule has 1 aromatic rings. The standard InChI is InChI=1S/C19H29N5O2/c25-19(23-8-10-26-11-9-23)6-3-15-2-1-7-24(13-15)18-12-17(20-14-21-18)22-16-4-5-16/h12,14-16H,1-11,13H2,(H,20,21,22)/t15-/m0/s1. The summed E-state index contributed by atoms with van der Waals surface area (Å²) in [5.41, 5.74) is 0. The van der Waals surface area contributed by atoms with Crippen molar-refractivity contribution in [3.05, 3.63) is 12.4 Å². The number of ether oxygens (including phenoxy) is 1. The van der Waals surface area contributed by atoms with Gasteiger partial charge in [0.15, 0.2) is 0 Å². The number of carbonyl (C=O) groups excluding carboxylic acids is 1. The molecule has 3 heterocycles. The quantitative estimate of drug-likeness (QED) is 0.837. The molecule has 4 rings (SSSR count). The molecule has 1 saturated carbocycles. The number of morpholine rings is 1. The Kier molecular flexibility index (Phi) is 5.53. The van der Waals surface area contributed by atoms with E-state index < -0.39 is 0 Å². The van der Waals surface area contributed by atoms with Crippen LogP contribution in [0.1, 0.15) is 38.5 Å². The molecule has 3 fully saturated rings. The van der Waals surface area contributed by atoms with Gasteiger partial charge in [0.05, 0.1) is 13.2 Å². The van der Waals surface area contributed by atoms with Crippen LogP contribution in [-0.4, -0.2) is 66.2 Å². The molecule has 1 amide bonds. The first-order chi connectivity index (χ1) is 12.8. The van der Waals surface area contributed by atoms with Crippen molar-refractivity contribution in [2.75, 3.05) is 49.6 Å². The number of hydrogen-bond acceptors (Lipinski definition) is 6. The molecule has 0 spiro atoms. The van der Waals surface area contributed by atoms with Crippen molar-refractivity contribution in [3.8, 4) is 0 Å². The molecular formula is C19H29N5O2. The van der Waals surface area contributed by atoms with Gasteiger partial charge < -0.3 is 19.9 Å². The Hall–Kier alpha value is -1.89. The van der Waals surface area contributed by atoms with E-state index in [4.69, 9.17) is 4.74 Å². The van der Waals surface area contributed by atoms with Crippen LogP contribution in [0.4, 0.5) is 11.6 Å². The summed E-state index contributed by atoms with van der Waals surface area (Å²) in [6.07, 6.45) is 8.11. The lowest BCUT2D eigenvalue weighted by Gasteiger charge is -2.34. The Morgan fingerprint density at radius 3 is 2.85 bits per heavy atom. The highest BCUT2D eigenvalue weighted by molar-refractivity contribution is 5.76. The molecule has 26 heavy (non-hydrogen) atoms. The van der Waals surface area contributed by atoms with Gasteiger partial charge in [-0.2, -0.15) is 0 Å². The maximum atomic E-state index is 12.4. The smallest absolute Gasteiger partial charge is 0.222 e. The zero-order chi connectivity index (χ0) is 17.8. The summed E-state index contributed by atoms with van der Waals surface area (Å²) in [5, 5.41) is 3.44. The van der Waals surface area contributed by atoms with Gasteiger partial charge in [-0.25, -0.2) is 9.97 Å². The average molecular weight is 359 g/mol. The Morgan fingerprint density at radius 1 is 1.19 bits per heavy atom. The van der Waals surface area contributed by atoms with Gasteiger partial charge in [-0.1, -0.05) is 0 Å². The minimum atomic E-state index is 0.281. The zero-order valence-electron chi connectivity index (χ0n) is 15.4. The summed E-state index contributed by atoms with van der Waals surface area (Å²) in [6.45, 7) is 4.85. The van der Waals surface area contributed by atoms with Crippen molar-refractivity contribution in [2.24, 2.45) is 5.92 Å². The molecule has 1 atom stereocenters. The van der Waals surface area contributed by atoms with E-state index in [0.29, 0.717) is 31.6 Å². The van der Waals surface area contributed by atoms with Gasteiger partial charge in [0.25, 0.3) is 0 Å². The van der Waals surface area contributed by atoms with Gasteiger partial charge in [0.1, 0.15) is 18.0 Å². The van der Waals surface area contributed by atoms with E-state index in [-0.39, 0.29) is 5.91 Å². The Balaban J connectivity index is 1.28. The Morgan fingerprint density at radius 2 is 2.04 bits per heavy atom. The van der Waals surface area contributed by atoms with E-state index in [0.717, 1.165) is 50.7 Å². The SMILES string of the molecule is O=C(CC[C@@H]1CCCN(c2cc(NC3CC3)ncn2)C1)N1CCOCC1. The van der Waals surface area contributed by atoms with Crippen LogP contribution in [0.2, 0.25) is 0 Å². The molecule has 142 valence electrons. The number of carbonyl (C=O) groups is 1. The number of anilines is 2. The maximum absolute atomic E-state index is 12.4. The Labute approximate surface area is 155 Å². The van der Waals surface area contributed by atoms with E-state index >= 15 is 0 Å². The fourth-order valence-electron chi connectivity index (χ4n) is 3.84. The molecule has 3 aliphatic rings. The summed E-state index contributed by atoms with van der Waals surface area (Å²) >= 11 is 0. The van der Waals surface area contributed by atoms with Crippen LogP contribution < -0.4 is 10.2 Å². The topological polar surface area (TPSA) is 70.6 Å². The minimum Gasteiger partial charge on any atom is -0.378 e. The first-order valence-electron chi connectivity index (χ1n) is 9.97. The van der Waals surface area contributed by atoms with E-state index in [1.807, 2.05) is 4.90 Å². The van der Waals surface area contributed by atoms with Gasteiger partial charge in [-0.05, 0) is 38.0 Å². The molecule has 0 aromatic carbocycles. The Bertz CT molecular complexity index is 616. The minimum absolute atomic E-state index is 0.281. The second kappa shape index (κ2) is 8.20. The highest BCUT2D eigenvalue weighted by Crippen LogP contribution is 2.28. The molecule has 1 N–H and O–H groups in total. The first-order valence-corrected chi connectivity index (χ1v) is 9.97. The zero-order valence-corrected chi connectivity index (χ0v) is 15.4. The number of nitrogens with one attached hydrogen (secondary N) is 1. The van der Waals surface area contributed by atoms with E-state index in [9.17, 15) is 4.79 Å². The second-order valence-corrected chi connectivity index (χ2v) is 7.67. The predicted octanol–water partition coefficient (Wildman–Crippen LogP) is 1.91. The van der Waals surface area contributed by atoms with Crippen molar-refractivity contribution in [3.63, 3.8) is 0 Å². The van der Waals surface area contributed by atoms with Crippen LogP contribution in [0.15, 0.2) is 12.4 Å². The molecule has 0 bridgehead atoms. The molecule has 7 nitrogen and oxygen atoms in total. The van der Waals surface area contributed by atoms with Crippen molar-refractivity contribution >= 4 is 17.5 Å². The molecule has 0 unspecified atom stereocenters. The van der Waals surface area contributed by atoms with Crippen LogP contribution in [-0.2, 0) is 9.53 Å². The lowest BCUT2D eigenvalue weighted by atomic mass is 9.93. The van der Waals surface area contributed by atoms with Crippen molar-refractivity contribution in [1.29, 1.82) is 0 Å². The summed E-state index contributed by atoms with van der Waals surface area (Å²) in [7, 11) is 0.